The maximum Gasteiger partial charge on any atom is 0.313 e. The Morgan fingerprint density at radius 3 is 1.54 bits per heavy atom. The highest BCUT2D eigenvalue weighted by Gasteiger charge is 3.01. The summed E-state index contributed by atoms with van der Waals surface area (Å²) in [7, 11) is 2.80. The van der Waals surface area contributed by atoms with Crippen molar-refractivity contribution in [2.75, 3.05) is 14.2 Å². The Hall–Kier alpha value is -1.72. The molecule has 0 aliphatic heterocycles. The van der Waals surface area contributed by atoms with Crippen LogP contribution in [0.5, 0.6) is 0 Å². The van der Waals surface area contributed by atoms with E-state index in [0.717, 1.165) is 12.8 Å². The van der Waals surface area contributed by atoms with E-state index in [4.69, 9.17) is 9.47 Å². The van der Waals surface area contributed by atoms with Crippen molar-refractivity contribution < 1.29 is 28.7 Å². The maximum absolute atomic E-state index is 13.6. The fraction of sp³-hybridized carbons (Fsp3) is 0.818. The molecular weight excluding hydrogens is 360 g/mol. The number of ketones is 2. The summed E-state index contributed by atoms with van der Waals surface area (Å²) in [6, 6.07) is 0. The van der Waals surface area contributed by atoms with Gasteiger partial charge in [0.1, 0.15) is 11.6 Å². The molecule has 0 N–H and O–H groups in total. The van der Waals surface area contributed by atoms with Crippen LogP contribution in [0, 0.1) is 70.0 Å². The van der Waals surface area contributed by atoms with Gasteiger partial charge in [0, 0.05) is 24.7 Å². The zero-order valence-electron chi connectivity index (χ0n) is 16.1. The molecule has 8 aliphatic rings. The number of rotatable bonds is 2. The fourth-order valence-electron chi connectivity index (χ4n) is 11.2. The van der Waals surface area contributed by atoms with Crippen molar-refractivity contribution in [1.29, 1.82) is 0 Å². The van der Waals surface area contributed by atoms with Crippen molar-refractivity contribution in [3.05, 3.63) is 0 Å². The van der Waals surface area contributed by atoms with Gasteiger partial charge in [0.25, 0.3) is 0 Å². The Labute approximate surface area is 162 Å². The summed E-state index contributed by atoms with van der Waals surface area (Å²) in [6.07, 6.45) is 2.76. The number of ether oxygens (including phenoxy) is 2. The van der Waals surface area contributed by atoms with E-state index < -0.39 is 10.8 Å². The molecule has 8 fully saturated rings. The first-order valence-corrected chi connectivity index (χ1v) is 10.7. The van der Waals surface area contributed by atoms with Gasteiger partial charge in [-0.1, -0.05) is 0 Å². The van der Waals surface area contributed by atoms with E-state index >= 15 is 0 Å². The van der Waals surface area contributed by atoms with E-state index in [1.807, 2.05) is 0 Å². The van der Waals surface area contributed by atoms with Gasteiger partial charge >= 0.3 is 11.9 Å². The summed E-state index contributed by atoms with van der Waals surface area (Å²) in [6.45, 7) is 0. The number of methoxy groups -OCH3 is 2. The molecule has 0 aromatic rings. The molecule has 6 nitrogen and oxygen atoms in total. The van der Waals surface area contributed by atoms with E-state index in [-0.39, 0.29) is 82.7 Å². The van der Waals surface area contributed by atoms with Crippen LogP contribution in [0.4, 0.5) is 0 Å². The fourth-order valence-corrected chi connectivity index (χ4v) is 11.2. The number of fused-ring (bicyclic) bond motifs is 2. The Morgan fingerprint density at radius 2 is 1.14 bits per heavy atom. The Morgan fingerprint density at radius 1 is 0.750 bits per heavy atom. The van der Waals surface area contributed by atoms with Gasteiger partial charge in [0.05, 0.1) is 25.0 Å². The molecule has 0 aromatic heterocycles. The van der Waals surface area contributed by atoms with E-state index in [0.29, 0.717) is 12.8 Å². The van der Waals surface area contributed by atoms with Gasteiger partial charge in [0.2, 0.25) is 0 Å². The molecule has 2 unspecified atom stereocenters. The predicted molar refractivity (Wildman–Crippen MR) is 92.3 cm³/mol. The lowest BCUT2D eigenvalue weighted by Crippen LogP contribution is -2.66. The molecule has 8 rings (SSSR count). The zero-order chi connectivity index (χ0) is 19.3. The number of hydrogen-bond donors (Lipinski definition) is 0. The van der Waals surface area contributed by atoms with Crippen molar-refractivity contribution in [2.45, 2.75) is 25.7 Å². The second-order valence-electron chi connectivity index (χ2n) is 10.4. The first kappa shape index (κ1) is 16.1. The molecule has 28 heavy (non-hydrogen) atoms. The third-order valence-electron chi connectivity index (χ3n) is 10.7. The lowest BCUT2D eigenvalue weighted by Gasteiger charge is -2.57. The van der Waals surface area contributed by atoms with Crippen LogP contribution in [0.25, 0.3) is 0 Å². The van der Waals surface area contributed by atoms with E-state index in [2.05, 4.69) is 0 Å². The van der Waals surface area contributed by atoms with Gasteiger partial charge in [-0.25, -0.2) is 0 Å². The summed E-state index contributed by atoms with van der Waals surface area (Å²) >= 11 is 0. The van der Waals surface area contributed by atoms with E-state index in [1.165, 1.54) is 14.2 Å². The topological polar surface area (TPSA) is 86.7 Å². The highest BCUT2D eigenvalue weighted by atomic mass is 16.5. The minimum atomic E-state index is -1.03. The van der Waals surface area contributed by atoms with Crippen LogP contribution in [0.1, 0.15) is 25.7 Å². The van der Waals surface area contributed by atoms with Crippen molar-refractivity contribution in [3.63, 3.8) is 0 Å². The van der Waals surface area contributed by atoms with Crippen LogP contribution in [-0.2, 0) is 28.7 Å². The maximum atomic E-state index is 13.6. The minimum Gasteiger partial charge on any atom is -0.469 e. The Kier molecular flexibility index (Phi) is 2.53. The van der Waals surface area contributed by atoms with Crippen molar-refractivity contribution in [1.82, 2.24) is 0 Å². The molecule has 6 heteroatoms. The molecule has 8 aliphatic carbocycles. The van der Waals surface area contributed by atoms with Crippen molar-refractivity contribution in [2.24, 2.45) is 70.0 Å². The van der Waals surface area contributed by atoms with E-state index in [1.54, 1.807) is 0 Å². The molecular formula is C22H24O6. The Balaban J connectivity index is 1.55. The van der Waals surface area contributed by atoms with Crippen LogP contribution in [0.15, 0.2) is 0 Å². The predicted octanol–water partition coefficient (Wildman–Crippen LogP) is 1.26. The standard InChI is InChI=1S/C22H24O6/c1-27-19(25)21-15-7-3-5-9(23)11(7)17-13(15)14-16(21)8-4-6-10(24)12(8)18(14)22(17,21)20(26)28-2/h7-8,11-18H,3-6H2,1-2H3/t7-,8-,11-,12-,13+,14+,15-,16+,17-,18+,21?,22?/m1/s1. The monoisotopic (exact) mass is 384 g/mol. The first-order valence-electron chi connectivity index (χ1n) is 10.7. The normalized spacial score (nSPS) is 60.6. The number of hydrogen-bond acceptors (Lipinski definition) is 6. The van der Waals surface area contributed by atoms with Gasteiger partial charge in [-0.2, -0.15) is 0 Å². The van der Waals surface area contributed by atoms with Crippen molar-refractivity contribution in [3.8, 4) is 0 Å². The third kappa shape index (κ3) is 1.10. The van der Waals surface area contributed by atoms with Crippen LogP contribution in [0.2, 0.25) is 0 Å². The van der Waals surface area contributed by atoms with Gasteiger partial charge in [-0.3, -0.25) is 19.2 Å². The first-order chi connectivity index (χ1) is 13.5. The van der Waals surface area contributed by atoms with E-state index in [9.17, 15) is 19.2 Å². The third-order valence-corrected chi connectivity index (χ3v) is 10.7. The van der Waals surface area contributed by atoms with Crippen LogP contribution >= 0.6 is 0 Å². The molecule has 0 radical (unpaired) electrons. The lowest BCUT2D eigenvalue weighted by atomic mass is 9.43. The number of Topliss-reactive ketones (excluding diaryl/α,β-unsaturated/α-hetero) is 2. The zero-order valence-corrected chi connectivity index (χ0v) is 16.1. The second-order valence-corrected chi connectivity index (χ2v) is 10.4. The smallest absolute Gasteiger partial charge is 0.313 e. The van der Waals surface area contributed by atoms with Crippen LogP contribution in [-0.4, -0.2) is 37.7 Å². The largest absolute Gasteiger partial charge is 0.469 e. The molecule has 0 aromatic carbocycles. The molecule has 148 valence electrons. The highest BCUT2D eigenvalue weighted by Crippen LogP contribution is 2.97. The number of carbonyl (C=O) groups excluding carboxylic acids is 4. The summed E-state index contributed by atoms with van der Waals surface area (Å²) < 4.78 is 10.8. The van der Waals surface area contributed by atoms with Crippen molar-refractivity contribution >= 4 is 23.5 Å². The van der Waals surface area contributed by atoms with Crippen LogP contribution in [0.3, 0.4) is 0 Å². The Bertz CT molecular complexity index is 839. The summed E-state index contributed by atoms with van der Waals surface area (Å²) in [4.78, 5) is 52.8. The molecule has 12 atom stereocenters. The number of carbonyl (C=O) groups is 4. The van der Waals surface area contributed by atoms with Gasteiger partial charge in [0.15, 0.2) is 0 Å². The van der Waals surface area contributed by atoms with Gasteiger partial charge in [-0.05, 0) is 60.2 Å². The average Bonchev–Trinajstić information content (AvgIpc) is 3.49. The molecule has 8 bridgehead atoms. The molecule has 0 spiro atoms. The van der Waals surface area contributed by atoms with Gasteiger partial charge in [-0.15, -0.1) is 0 Å². The molecule has 0 amide bonds. The van der Waals surface area contributed by atoms with Crippen LogP contribution < -0.4 is 0 Å². The molecule has 0 heterocycles. The molecule has 8 saturated carbocycles. The number of esters is 2. The van der Waals surface area contributed by atoms with Gasteiger partial charge < -0.3 is 9.47 Å². The lowest BCUT2D eigenvalue weighted by molar-refractivity contribution is -0.208. The highest BCUT2D eigenvalue weighted by molar-refractivity contribution is 5.99. The SMILES string of the molecule is COC(=O)C12[C@@H]3[C@@H]4CCC(=O)[C@@H]4[C@@H]4[C@H]3[C@H]3[C@@H]1[C@@H]1CCC(=O)[C@@H]1[C@@H]3C42C(=O)OC. The summed E-state index contributed by atoms with van der Waals surface area (Å²) in [5.74, 6) is 0.217. The summed E-state index contributed by atoms with van der Waals surface area (Å²) in [5.41, 5.74) is -1.90. The quantitative estimate of drug-likeness (QED) is 0.666. The summed E-state index contributed by atoms with van der Waals surface area (Å²) in [5, 5.41) is 0. The second kappa shape index (κ2) is 4.39. The minimum absolute atomic E-state index is 0.0448. The average molecular weight is 384 g/mol. The molecule has 0 saturated heterocycles.